The molecule has 25 heavy (non-hydrogen) atoms. The number of hydrogen-bond acceptors (Lipinski definition) is 5. The van der Waals surface area contributed by atoms with Crippen molar-refractivity contribution in [1.29, 1.82) is 5.26 Å². The Hall–Kier alpha value is -2.58. The van der Waals surface area contributed by atoms with Crippen LogP contribution in [-0.2, 0) is 15.1 Å². The molecule has 0 saturated carbocycles. The first-order chi connectivity index (χ1) is 12.0. The van der Waals surface area contributed by atoms with E-state index in [-0.39, 0.29) is 6.61 Å². The van der Waals surface area contributed by atoms with Crippen molar-refractivity contribution in [2.24, 2.45) is 5.73 Å². The number of nitrogens with zero attached hydrogens (tertiary/aromatic N) is 1. The molecule has 0 radical (unpaired) electrons. The highest BCUT2D eigenvalue weighted by molar-refractivity contribution is 5.85. The number of hydrogen-bond donors (Lipinski definition) is 1. The number of methoxy groups -OCH3 is 1. The van der Waals surface area contributed by atoms with Crippen molar-refractivity contribution in [2.75, 3.05) is 13.7 Å². The fourth-order valence-corrected chi connectivity index (χ4v) is 2.90. The third-order valence-corrected chi connectivity index (χ3v) is 4.29. The predicted molar refractivity (Wildman–Crippen MR) is 95.7 cm³/mol. The number of carbonyl (C=O) groups excluding carboxylic acids is 1. The zero-order valence-electron chi connectivity index (χ0n) is 14.7. The van der Waals surface area contributed by atoms with E-state index in [1.807, 2.05) is 0 Å². The summed E-state index contributed by atoms with van der Waals surface area (Å²) in [5, 5.41) is 9.61. The van der Waals surface area contributed by atoms with Crippen molar-refractivity contribution in [2.45, 2.75) is 38.1 Å². The van der Waals surface area contributed by atoms with Gasteiger partial charge in [0.25, 0.3) is 0 Å². The molecule has 0 aliphatic heterocycles. The first kappa shape index (κ1) is 18.8. The quantitative estimate of drug-likeness (QED) is 0.634. The van der Waals surface area contributed by atoms with E-state index in [1.165, 1.54) is 6.08 Å². The topological polar surface area (TPSA) is 85.3 Å². The lowest BCUT2D eigenvalue weighted by molar-refractivity contribution is -0.148. The van der Waals surface area contributed by atoms with Crippen LogP contribution in [0.5, 0.6) is 5.75 Å². The van der Waals surface area contributed by atoms with E-state index in [4.69, 9.17) is 15.2 Å². The first-order valence-electron chi connectivity index (χ1n) is 8.48. The summed E-state index contributed by atoms with van der Waals surface area (Å²) >= 11 is 0. The first-order valence-corrected chi connectivity index (χ1v) is 8.48. The van der Waals surface area contributed by atoms with Gasteiger partial charge in [-0.3, -0.25) is 0 Å². The minimum atomic E-state index is -1.55. The van der Waals surface area contributed by atoms with Gasteiger partial charge >= 0.3 is 5.97 Å². The van der Waals surface area contributed by atoms with E-state index in [1.54, 1.807) is 38.3 Å². The molecule has 0 aromatic heterocycles. The molecule has 5 nitrogen and oxygen atoms in total. The SMILES string of the molecule is CCOC(=O)C(N)(/C=C(\C#N)C1=CCCCC1)c1cccc(OC)c1. The van der Waals surface area contributed by atoms with Gasteiger partial charge in [-0.2, -0.15) is 5.26 Å². The van der Waals surface area contributed by atoms with Crippen molar-refractivity contribution in [3.8, 4) is 11.8 Å². The Morgan fingerprint density at radius 2 is 2.24 bits per heavy atom. The molecular formula is C20H24N2O3. The number of ether oxygens (including phenoxy) is 2. The van der Waals surface area contributed by atoms with Crippen LogP contribution < -0.4 is 10.5 Å². The van der Waals surface area contributed by atoms with Crippen LogP contribution in [0.3, 0.4) is 0 Å². The third kappa shape index (κ3) is 4.28. The number of rotatable bonds is 6. The molecule has 0 spiro atoms. The Morgan fingerprint density at radius 3 is 2.84 bits per heavy atom. The van der Waals surface area contributed by atoms with Crippen LogP contribution in [0.1, 0.15) is 38.2 Å². The van der Waals surface area contributed by atoms with Gasteiger partial charge in [-0.1, -0.05) is 18.2 Å². The monoisotopic (exact) mass is 340 g/mol. The lowest BCUT2D eigenvalue weighted by Gasteiger charge is -2.26. The molecule has 1 aromatic carbocycles. The minimum Gasteiger partial charge on any atom is -0.497 e. The Balaban J connectivity index is 2.54. The molecule has 1 aliphatic rings. The molecule has 1 unspecified atom stereocenters. The summed E-state index contributed by atoms with van der Waals surface area (Å²) in [5.41, 5.74) is 6.82. The maximum Gasteiger partial charge on any atom is 0.334 e. The largest absolute Gasteiger partial charge is 0.497 e. The summed E-state index contributed by atoms with van der Waals surface area (Å²) in [6.07, 6.45) is 7.47. The van der Waals surface area contributed by atoms with E-state index in [0.717, 1.165) is 31.3 Å². The maximum absolute atomic E-state index is 12.6. The Morgan fingerprint density at radius 1 is 1.44 bits per heavy atom. The van der Waals surface area contributed by atoms with Crippen LogP contribution in [0.4, 0.5) is 0 Å². The molecule has 132 valence electrons. The number of carbonyl (C=O) groups is 1. The molecule has 1 aliphatic carbocycles. The summed E-state index contributed by atoms with van der Waals surface area (Å²) in [6, 6.07) is 9.16. The van der Waals surface area contributed by atoms with E-state index in [9.17, 15) is 10.1 Å². The van der Waals surface area contributed by atoms with Crippen molar-refractivity contribution in [3.63, 3.8) is 0 Å². The van der Waals surface area contributed by atoms with Gasteiger partial charge in [-0.05, 0) is 62.0 Å². The number of allylic oxidation sites excluding steroid dienone is 3. The fourth-order valence-electron chi connectivity index (χ4n) is 2.90. The number of nitriles is 1. The van der Waals surface area contributed by atoms with Crippen molar-refractivity contribution in [3.05, 3.63) is 53.1 Å². The van der Waals surface area contributed by atoms with Gasteiger partial charge in [0.05, 0.1) is 25.4 Å². The fraction of sp³-hybridized carbons (Fsp3) is 0.400. The van der Waals surface area contributed by atoms with Gasteiger partial charge in [0, 0.05) is 0 Å². The molecule has 0 amide bonds. The smallest absolute Gasteiger partial charge is 0.334 e. The maximum atomic E-state index is 12.6. The normalized spacial score (nSPS) is 17.0. The molecule has 2 rings (SSSR count). The van der Waals surface area contributed by atoms with Gasteiger partial charge < -0.3 is 15.2 Å². The molecule has 0 saturated heterocycles. The third-order valence-electron chi connectivity index (χ3n) is 4.29. The summed E-state index contributed by atoms with van der Waals surface area (Å²) in [5.74, 6) is -0.00664. The van der Waals surface area contributed by atoms with Gasteiger partial charge in [0.1, 0.15) is 5.75 Å². The van der Waals surface area contributed by atoms with Crippen LogP contribution in [0.2, 0.25) is 0 Å². The molecule has 0 bridgehead atoms. The highest BCUT2D eigenvalue weighted by atomic mass is 16.5. The average Bonchev–Trinajstić information content (AvgIpc) is 2.66. The number of benzene rings is 1. The lowest BCUT2D eigenvalue weighted by atomic mass is 9.85. The second-order valence-corrected chi connectivity index (χ2v) is 5.97. The zero-order chi connectivity index (χ0) is 18.3. The van der Waals surface area contributed by atoms with Crippen LogP contribution in [0, 0.1) is 11.3 Å². The van der Waals surface area contributed by atoms with E-state index in [2.05, 4.69) is 12.1 Å². The zero-order valence-corrected chi connectivity index (χ0v) is 14.7. The molecule has 0 fully saturated rings. The van der Waals surface area contributed by atoms with E-state index < -0.39 is 11.5 Å². The van der Waals surface area contributed by atoms with E-state index in [0.29, 0.717) is 16.9 Å². The Labute approximate surface area is 148 Å². The van der Waals surface area contributed by atoms with Gasteiger partial charge in [0.15, 0.2) is 5.54 Å². The Bertz CT molecular complexity index is 731. The van der Waals surface area contributed by atoms with Crippen molar-refractivity contribution < 1.29 is 14.3 Å². The minimum absolute atomic E-state index is 0.209. The van der Waals surface area contributed by atoms with Gasteiger partial charge in [-0.25, -0.2) is 4.79 Å². The molecular weight excluding hydrogens is 316 g/mol. The number of nitrogens with two attached hydrogens (primary N) is 1. The van der Waals surface area contributed by atoms with Crippen LogP contribution in [-0.4, -0.2) is 19.7 Å². The summed E-state index contributed by atoms with van der Waals surface area (Å²) in [6.45, 7) is 1.93. The highest BCUT2D eigenvalue weighted by Gasteiger charge is 2.37. The summed E-state index contributed by atoms with van der Waals surface area (Å²) in [4.78, 5) is 12.6. The van der Waals surface area contributed by atoms with Crippen LogP contribution in [0.25, 0.3) is 0 Å². The second-order valence-electron chi connectivity index (χ2n) is 5.97. The highest BCUT2D eigenvalue weighted by Crippen LogP contribution is 2.30. The van der Waals surface area contributed by atoms with Crippen molar-refractivity contribution in [1.82, 2.24) is 0 Å². The standard InChI is InChI=1S/C20H24N2O3/c1-3-25-19(23)20(22,17-10-7-11-18(12-17)24-2)13-16(14-21)15-8-5-4-6-9-15/h7-8,10-13H,3-6,9,22H2,1-2H3/b16-13+. The van der Waals surface area contributed by atoms with Crippen LogP contribution in [0.15, 0.2) is 47.6 Å². The second kappa shape index (κ2) is 8.50. The summed E-state index contributed by atoms with van der Waals surface area (Å²) in [7, 11) is 1.55. The molecule has 0 heterocycles. The molecule has 5 heteroatoms. The molecule has 1 aromatic rings. The Kier molecular flexibility index (Phi) is 6.37. The number of esters is 1. The molecule has 1 atom stereocenters. The van der Waals surface area contributed by atoms with E-state index >= 15 is 0 Å². The van der Waals surface area contributed by atoms with Crippen molar-refractivity contribution >= 4 is 5.97 Å². The average molecular weight is 340 g/mol. The lowest BCUT2D eigenvalue weighted by Crippen LogP contribution is -2.44. The summed E-state index contributed by atoms with van der Waals surface area (Å²) < 4.78 is 10.4. The molecule has 2 N–H and O–H groups in total. The van der Waals surface area contributed by atoms with Gasteiger partial charge in [0.2, 0.25) is 0 Å². The predicted octanol–water partition coefficient (Wildman–Crippen LogP) is 3.36. The van der Waals surface area contributed by atoms with Crippen LogP contribution >= 0.6 is 0 Å². The van der Waals surface area contributed by atoms with Gasteiger partial charge in [-0.15, -0.1) is 0 Å².